The van der Waals surface area contributed by atoms with Crippen LogP contribution in [-0.4, -0.2) is 205 Å². The van der Waals surface area contributed by atoms with Crippen molar-refractivity contribution in [2.75, 3.05) is 33.2 Å². The molecule has 7 heterocycles. The number of aliphatic hydroxyl groups is 5. The predicted molar refractivity (Wildman–Crippen MR) is 411 cm³/mol. The van der Waals surface area contributed by atoms with Crippen LogP contribution >= 0.6 is 23.2 Å². The molecule has 18 atom stereocenters. The molecule has 7 aliphatic rings. The van der Waals surface area contributed by atoms with Gasteiger partial charge in [0.05, 0.1) is 34.7 Å². The number of fused-ring (bicyclic) bond motifs is 15. The van der Waals surface area contributed by atoms with E-state index in [-0.39, 0.29) is 52.0 Å². The SMILES string of the molecule is CCCCCCCCCNCCCN[C@@]1(C)C[C@H](O[C@H]2[C@H](Oc3c4cc5cc3Oc3ccc(cc3Cl)[C@@H](O)[C@@H](NC(=O)[C@@H](CC(C)C)NC)C(=O)N[C@@H](CC(N)=O)C(=O)N[C@H]5C(=O)N[C@H]3C(=O)N[C@H](C(=O)N[C@H](C(=O)O)c5cc(O)cc(O)c5-c5cc3ccc5O)[C@H](O)c3ccc(c(Cl)c3)O4)O[C@H](CN)[C@@H](O)[C@@H]2O)O[C@@H](C)[C@H]1O. The molecule has 0 aromatic heterocycles. The molecular weight excluding hydrogens is 1530 g/mol. The van der Waals surface area contributed by atoms with Gasteiger partial charge in [0.2, 0.25) is 53.4 Å². The molecule has 12 rings (SSSR count). The van der Waals surface area contributed by atoms with Gasteiger partial charge in [0.25, 0.3) is 0 Å². The fourth-order valence-electron chi connectivity index (χ4n) is 14.6. The first kappa shape index (κ1) is 87.2. The van der Waals surface area contributed by atoms with Crippen LogP contribution < -0.4 is 73.5 Å². The van der Waals surface area contributed by atoms with E-state index in [2.05, 4.69) is 54.8 Å². The van der Waals surface area contributed by atoms with Crippen molar-refractivity contribution in [2.45, 2.75) is 214 Å². The maximum absolute atomic E-state index is 16.2. The minimum absolute atomic E-state index is 0.0748. The Labute approximate surface area is 667 Å². The molecule has 0 aliphatic carbocycles. The molecule has 36 heteroatoms. The minimum atomic E-state index is -2.33. The van der Waals surface area contributed by atoms with Gasteiger partial charge in [-0.25, -0.2) is 4.79 Å². The van der Waals surface area contributed by atoms with Crippen molar-refractivity contribution in [1.82, 2.24) is 47.9 Å². The summed E-state index contributed by atoms with van der Waals surface area (Å²) in [5, 5.41) is 129. The predicted octanol–water partition coefficient (Wildman–Crippen LogP) is 3.43. The summed E-state index contributed by atoms with van der Waals surface area (Å²) >= 11 is 14.3. The first-order chi connectivity index (χ1) is 54.2. The number of aliphatic carboxylic acids is 1. The number of phenolic OH excluding ortho intramolecular Hbond substituents is 3. The number of primary amides is 1. The molecule has 22 N–H and O–H groups in total. The Balaban J connectivity index is 1.15. The Morgan fingerprint density at radius 1 is 0.675 bits per heavy atom. The van der Waals surface area contributed by atoms with Crippen LogP contribution in [0.25, 0.3) is 11.1 Å². The number of amides is 7. The van der Waals surface area contributed by atoms with Gasteiger partial charge in [0.15, 0.2) is 29.9 Å². The Morgan fingerprint density at radius 3 is 1.91 bits per heavy atom. The number of likely N-dealkylation sites (N-methyl/N-ethyl adjacent to an activating group) is 1. The number of hydrogen-bond donors (Lipinski definition) is 20. The number of halogens is 2. The van der Waals surface area contributed by atoms with E-state index in [9.17, 15) is 69.9 Å². The highest BCUT2D eigenvalue weighted by Gasteiger charge is 2.52. The van der Waals surface area contributed by atoms with Crippen molar-refractivity contribution in [3.63, 3.8) is 0 Å². The molecule has 34 nitrogen and oxygen atoms in total. The molecule has 11 bridgehead atoms. The van der Waals surface area contributed by atoms with Crippen LogP contribution in [0.1, 0.15) is 163 Å². The molecule has 620 valence electrons. The number of phenols is 3. The quantitative estimate of drug-likeness (QED) is 0.0353. The lowest BCUT2D eigenvalue weighted by atomic mass is 9.85. The van der Waals surface area contributed by atoms with E-state index >= 15 is 14.4 Å². The molecule has 2 fully saturated rings. The Hall–Kier alpha value is -9.24. The average molecular weight is 1630 g/mol. The molecule has 5 aromatic rings. The summed E-state index contributed by atoms with van der Waals surface area (Å²) in [6, 6.07) is -0.209. The highest BCUT2D eigenvalue weighted by molar-refractivity contribution is 6.32. The average Bonchev–Trinajstić information content (AvgIpc) is 0.771. The number of rotatable bonds is 26. The smallest absolute Gasteiger partial charge is 0.330 e. The van der Waals surface area contributed by atoms with Crippen molar-refractivity contribution in [3.8, 4) is 57.1 Å². The number of carbonyl (C=O) groups excluding carboxylic acids is 7. The van der Waals surface area contributed by atoms with E-state index in [0.717, 1.165) is 80.1 Å². The Kier molecular flexibility index (Phi) is 29.4. The van der Waals surface area contributed by atoms with E-state index < -0.39 is 231 Å². The maximum Gasteiger partial charge on any atom is 0.330 e. The normalized spacial score (nSPS) is 27.4. The second-order valence-electron chi connectivity index (χ2n) is 29.8. The van der Waals surface area contributed by atoms with Crippen molar-refractivity contribution in [2.24, 2.45) is 17.4 Å². The third-order valence-corrected chi connectivity index (χ3v) is 21.4. The molecule has 7 aliphatic heterocycles. The molecule has 0 unspecified atom stereocenters. The summed E-state index contributed by atoms with van der Waals surface area (Å²) in [6.07, 6.45) is -8.65. The minimum Gasteiger partial charge on any atom is -0.508 e. The summed E-state index contributed by atoms with van der Waals surface area (Å²) in [5.41, 5.74) is 8.20. The fraction of sp³-hybridized carbons (Fsp3) is 0.513. The third kappa shape index (κ3) is 20.5. The Bertz CT molecular complexity index is 4340. The number of benzene rings is 5. The van der Waals surface area contributed by atoms with E-state index in [4.69, 9.17) is 63.1 Å². The van der Waals surface area contributed by atoms with Crippen LogP contribution in [0.2, 0.25) is 10.0 Å². The number of carboxylic acids is 1. The number of unbranched alkanes of at least 4 members (excludes halogenated alkanes) is 6. The number of aliphatic hydroxyl groups excluding tert-OH is 5. The van der Waals surface area contributed by atoms with Crippen molar-refractivity contribution >= 4 is 70.5 Å². The topological polar surface area (TPSA) is 534 Å². The molecule has 2 saturated heterocycles. The lowest BCUT2D eigenvalue weighted by Gasteiger charge is -2.48. The first-order valence-corrected chi connectivity index (χ1v) is 38.7. The van der Waals surface area contributed by atoms with Crippen LogP contribution in [0.5, 0.6) is 46.0 Å². The molecule has 5 aromatic carbocycles. The number of carbonyl (C=O) groups is 8. The number of nitrogens with one attached hydrogen (secondary N) is 9. The molecule has 0 saturated carbocycles. The summed E-state index contributed by atoms with van der Waals surface area (Å²) in [4.78, 5) is 118. The maximum atomic E-state index is 16.2. The van der Waals surface area contributed by atoms with Crippen molar-refractivity contribution in [3.05, 3.63) is 117 Å². The summed E-state index contributed by atoms with van der Waals surface area (Å²) in [5.74, 6) is -15.6. The van der Waals surface area contributed by atoms with E-state index in [1.165, 1.54) is 57.4 Å². The van der Waals surface area contributed by atoms with Crippen molar-refractivity contribution in [1.29, 1.82) is 0 Å². The highest BCUT2D eigenvalue weighted by atomic mass is 35.5. The van der Waals surface area contributed by atoms with Gasteiger partial charge in [0.1, 0.15) is 89.5 Å². The van der Waals surface area contributed by atoms with Gasteiger partial charge >= 0.3 is 5.97 Å². The van der Waals surface area contributed by atoms with E-state index in [0.29, 0.717) is 19.5 Å². The lowest BCUT2D eigenvalue weighted by Crippen LogP contribution is -2.65. The van der Waals surface area contributed by atoms with Crippen LogP contribution in [0.4, 0.5) is 0 Å². The summed E-state index contributed by atoms with van der Waals surface area (Å²) in [7, 11) is 1.49. The highest BCUT2D eigenvalue weighted by Crippen LogP contribution is 2.50. The van der Waals surface area contributed by atoms with Crippen LogP contribution in [0, 0.1) is 5.92 Å². The number of aromatic hydroxyl groups is 3. The third-order valence-electron chi connectivity index (χ3n) is 20.8. The van der Waals surface area contributed by atoms with Crippen molar-refractivity contribution < 1.29 is 113 Å². The van der Waals surface area contributed by atoms with Gasteiger partial charge in [0, 0.05) is 41.3 Å². The van der Waals surface area contributed by atoms with E-state index in [1.807, 2.05) is 13.8 Å². The van der Waals surface area contributed by atoms with Gasteiger partial charge < -0.3 is 134 Å². The van der Waals surface area contributed by atoms with Crippen LogP contribution in [0.3, 0.4) is 0 Å². The van der Waals surface area contributed by atoms with Gasteiger partial charge in [-0.15, -0.1) is 0 Å². The number of hydrogen-bond acceptors (Lipinski definition) is 26. The molecule has 7 amide bonds. The van der Waals surface area contributed by atoms with E-state index in [1.54, 1.807) is 13.8 Å². The molecule has 114 heavy (non-hydrogen) atoms. The summed E-state index contributed by atoms with van der Waals surface area (Å²) < 4.78 is 39.7. The largest absolute Gasteiger partial charge is 0.508 e. The van der Waals surface area contributed by atoms with Gasteiger partial charge in [-0.1, -0.05) is 101 Å². The molecular formula is C78H101Cl2N11O23. The zero-order chi connectivity index (χ0) is 82.7. The zero-order valence-electron chi connectivity index (χ0n) is 63.7. The Morgan fingerprint density at radius 2 is 1.29 bits per heavy atom. The number of nitrogens with two attached hydrogens (primary N) is 2. The zero-order valence-corrected chi connectivity index (χ0v) is 65.2. The lowest BCUT2D eigenvalue weighted by molar-refractivity contribution is -0.331. The van der Waals surface area contributed by atoms with Gasteiger partial charge in [-0.3, -0.25) is 33.6 Å². The van der Waals surface area contributed by atoms with Gasteiger partial charge in [-0.2, -0.15) is 0 Å². The second-order valence-corrected chi connectivity index (χ2v) is 30.6. The monoisotopic (exact) mass is 1630 g/mol. The van der Waals surface area contributed by atoms with Gasteiger partial charge in [-0.05, 0) is 143 Å². The number of carboxylic acid groups (broad SMARTS) is 1. The van der Waals surface area contributed by atoms with Crippen LogP contribution in [-0.2, 0) is 52.6 Å². The molecule has 0 radical (unpaired) electrons. The molecule has 0 spiro atoms. The summed E-state index contributed by atoms with van der Waals surface area (Å²) in [6.45, 7) is 10.7. The standard InChI is InChI=1S/C78H101Cl2N11O23/c1-7-8-9-10-11-12-13-21-84-22-14-23-85-78(5)33-56(109-36(4)69(78)100)113-68-66(99)65(98)54(34-81)112-77(68)114-67-52-28-40-29-53(67)111-51-20-17-39(27-45(51)80)64(97)62-75(106)89-60(76(107)108)43-30-41(92)31-49(94)57(43)42-25-37(15-18-48(42)93)58(72(103)91-62)88-73(104)59(40)87-71(102)47(32-55(82)95)86-74(105)61(90-70(101)46(83-6)24-35(2)3)63(96)38-16-19-50(110-52)44(79)26-38/h15-20,25-31,35-36,46-47,54,56,58-66,68-69,77,83-85,92-94,96-100H,7-14,21-24,32-34,81H2,1-6H3,(H2,82,95)(H,86,105)(H,87,102)(H,88,104)(H,89,106)(H,90,101)(H,91,103)(H,107,108)/t36-,46+,47-,54+,56-,58+,59+,60-,61+,62-,63+,64+,65+,66-,68+,69+,77-,78-/m0/s1. The fourth-order valence-corrected chi connectivity index (χ4v) is 15.1. The first-order valence-electron chi connectivity index (χ1n) is 37.9. The second kappa shape index (κ2) is 38.5. The van der Waals surface area contributed by atoms with Crippen LogP contribution in [0.15, 0.2) is 78.9 Å². The number of ether oxygens (including phenoxy) is 6.